The van der Waals surface area contributed by atoms with Crippen LogP contribution in [0.15, 0.2) is 49.6 Å². The quantitative estimate of drug-likeness (QED) is 0.768. The Bertz CT molecular complexity index is 389. The Labute approximate surface area is 95.3 Å². The topological polar surface area (TPSA) is 40.5 Å². The first-order valence-corrected chi connectivity index (χ1v) is 4.99. The van der Waals surface area contributed by atoms with Gasteiger partial charge in [0.1, 0.15) is 5.75 Å². The molecule has 0 aliphatic rings. The zero-order chi connectivity index (χ0) is 12.0. The van der Waals surface area contributed by atoms with Crippen molar-refractivity contribution in [1.29, 1.82) is 0 Å². The van der Waals surface area contributed by atoms with Crippen LogP contribution in [0.5, 0.6) is 5.75 Å². The average molecular weight is 217 g/mol. The predicted octanol–water partition coefficient (Wildman–Crippen LogP) is 2.21. The van der Waals surface area contributed by atoms with Crippen LogP contribution in [-0.2, 0) is 0 Å². The van der Waals surface area contributed by atoms with Crippen molar-refractivity contribution < 1.29 is 9.90 Å². The molecule has 0 aliphatic heterocycles. The van der Waals surface area contributed by atoms with E-state index in [4.69, 9.17) is 0 Å². The fraction of sp³-hybridized carbons (Fsp3) is 0.154. The fourth-order valence-electron chi connectivity index (χ4n) is 1.37. The van der Waals surface area contributed by atoms with E-state index < -0.39 is 0 Å². The van der Waals surface area contributed by atoms with Crippen molar-refractivity contribution in [3.8, 4) is 5.75 Å². The van der Waals surface area contributed by atoms with E-state index in [1.165, 1.54) is 12.1 Å². The third-order valence-electron chi connectivity index (χ3n) is 2.08. The van der Waals surface area contributed by atoms with Gasteiger partial charge in [0.2, 0.25) is 0 Å². The Morgan fingerprint density at radius 3 is 2.44 bits per heavy atom. The molecule has 1 aromatic carbocycles. The minimum Gasteiger partial charge on any atom is -0.508 e. The van der Waals surface area contributed by atoms with Crippen molar-refractivity contribution in [2.24, 2.45) is 0 Å². The van der Waals surface area contributed by atoms with Crippen molar-refractivity contribution in [2.45, 2.75) is 0 Å². The monoisotopic (exact) mass is 217 g/mol. The number of hydrogen-bond acceptors (Lipinski definition) is 2. The van der Waals surface area contributed by atoms with Gasteiger partial charge in [-0.2, -0.15) is 0 Å². The highest BCUT2D eigenvalue weighted by molar-refractivity contribution is 5.94. The van der Waals surface area contributed by atoms with Gasteiger partial charge in [0.05, 0.1) is 0 Å². The minimum absolute atomic E-state index is 0.0861. The molecule has 1 N–H and O–H groups in total. The SMILES string of the molecule is C=CCN(CC=C)C(=O)c1cccc(O)c1. The van der Waals surface area contributed by atoms with Gasteiger partial charge in [-0.3, -0.25) is 4.79 Å². The molecule has 0 fully saturated rings. The van der Waals surface area contributed by atoms with E-state index in [0.717, 1.165) is 0 Å². The minimum atomic E-state index is -0.143. The van der Waals surface area contributed by atoms with Crippen LogP contribution < -0.4 is 0 Å². The molecule has 3 nitrogen and oxygen atoms in total. The highest BCUT2D eigenvalue weighted by atomic mass is 16.3. The standard InChI is InChI=1S/C13H15NO2/c1-3-8-14(9-4-2)13(16)11-6-5-7-12(15)10-11/h3-7,10,15H,1-2,8-9H2. The van der Waals surface area contributed by atoms with E-state index in [-0.39, 0.29) is 11.7 Å². The lowest BCUT2D eigenvalue weighted by atomic mass is 10.2. The Morgan fingerprint density at radius 1 is 1.31 bits per heavy atom. The molecule has 84 valence electrons. The number of carbonyl (C=O) groups is 1. The summed E-state index contributed by atoms with van der Waals surface area (Å²) in [5.41, 5.74) is 0.462. The van der Waals surface area contributed by atoms with Crippen LogP contribution in [0.1, 0.15) is 10.4 Å². The van der Waals surface area contributed by atoms with Crippen molar-refractivity contribution >= 4 is 5.91 Å². The highest BCUT2D eigenvalue weighted by Gasteiger charge is 2.13. The van der Waals surface area contributed by atoms with Gasteiger partial charge in [-0.25, -0.2) is 0 Å². The van der Waals surface area contributed by atoms with Gasteiger partial charge in [-0.1, -0.05) is 18.2 Å². The number of nitrogens with zero attached hydrogens (tertiary/aromatic N) is 1. The molecule has 1 rings (SSSR count). The van der Waals surface area contributed by atoms with Gasteiger partial charge in [0.15, 0.2) is 0 Å². The molecule has 0 saturated heterocycles. The van der Waals surface area contributed by atoms with Crippen LogP contribution in [0.25, 0.3) is 0 Å². The number of rotatable bonds is 5. The van der Waals surface area contributed by atoms with E-state index in [1.807, 2.05) is 0 Å². The van der Waals surface area contributed by atoms with Crippen LogP contribution in [0.4, 0.5) is 0 Å². The number of phenolic OH excluding ortho intramolecular Hbond substituents is 1. The van der Waals surface area contributed by atoms with Crippen LogP contribution in [-0.4, -0.2) is 29.0 Å². The third-order valence-corrected chi connectivity index (χ3v) is 2.08. The molecule has 1 aromatic rings. The van der Waals surface area contributed by atoms with Gasteiger partial charge >= 0.3 is 0 Å². The molecule has 0 unspecified atom stereocenters. The summed E-state index contributed by atoms with van der Waals surface area (Å²) < 4.78 is 0. The molecule has 0 saturated carbocycles. The van der Waals surface area contributed by atoms with Gasteiger partial charge in [0.25, 0.3) is 5.91 Å². The summed E-state index contributed by atoms with van der Waals surface area (Å²) in [5.74, 6) is -0.0568. The number of hydrogen-bond donors (Lipinski definition) is 1. The predicted molar refractivity (Wildman–Crippen MR) is 64.4 cm³/mol. The summed E-state index contributed by atoms with van der Waals surface area (Å²) in [6, 6.07) is 6.29. The number of aromatic hydroxyl groups is 1. The number of amides is 1. The molecular weight excluding hydrogens is 202 g/mol. The second-order valence-electron chi connectivity index (χ2n) is 3.34. The summed E-state index contributed by atoms with van der Waals surface area (Å²) in [5, 5.41) is 9.29. The number of carbonyl (C=O) groups excluding carboxylic acids is 1. The van der Waals surface area contributed by atoms with Gasteiger partial charge < -0.3 is 10.0 Å². The number of phenols is 1. The van der Waals surface area contributed by atoms with Crippen molar-refractivity contribution in [1.82, 2.24) is 4.90 Å². The van der Waals surface area contributed by atoms with Gasteiger partial charge in [-0.15, -0.1) is 13.2 Å². The van der Waals surface area contributed by atoms with Gasteiger partial charge in [0, 0.05) is 18.7 Å². The molecular formula is C13H15NO2. The first-order valence-electron chi connectivity index (χ1n) is 4.99. The Morgan fingerprint density at radius 2 is 1.94 bits per heavy atom. The second-order valence-corrected chi connectivity index (χ2v) is 3.34. The molecule has 0 heterocycles. The first kappa shape index (κ1) is 12.0. The molecule has 3 heteroatoms. The summed E-state index contributed by atoms with van der Waals surface area (Å²) >= 11 is 0. The third kappa shape index (κ3) is 2.98. The van der Waals surface area contributed by atoms with E-state index in [2.05, 4.69) is 13.2 Å². The van der Waals surface area contributed by atoms with E-state index in [1.54, 1.807) is 29.2 Å². The molecule has 0 bridgehead atoms. The molecule has 16 heavy (non-hydrogen) atoms. The normalized spacial score (nSPS) is 9.50. The average Bonchev–Trinajstić information content (AvgIpc) is 2.28. The molecule has 0 aliphatic carbocycles. The molecule has 0 spiro atoms. The van der Waals surface area contributed by atoms with E-state index in [0.29, 0.717) is 18.7 Å². The van der Waals surface area contributed by atoms with Crippen molar-refractivity contribution in [2.75, 3.05) is 13.1 Å². The smallest absolute Gasteiger partial charge is 0.254 e. The van der Waals surface area contributed by atoms with E-state index >= 15 is 0 Å². The van der Waals surface area contributed by atoms with Crippen molar-refractivity contribution in [3.63, 3.8) is 0 Å². The largest absolute Gasteiger partial charge is 0.508 e. The Balaban J connectivity index is 2.89. The zero-order valence-corrected chi connectivity index (χ0v) is 9.10. The summed E-state index contributed by atoms with van der Waals surface area (Å²) in [6.07, 6.45) is 3.31. The summed E-state index contributed by atoms with van der Waals surface area (Å²) in [4.78, 5) is 13.6. The lowest BCUT2D eigenvalue weighted by molar-refractivity contribution is 0.0790. The zero-order valence-electron chi connectivity index (χ0n) is 9.10. The molecule has 1 amide bonds. The fourth-order valence-corrected chi connectivity index (χ4v) is 1.37. The highest BCUT2D eigenvalue weighted by Crippen LogP contribution is 2.13. The Kier molecular flexibility index (Phi) is 4.33. The van der Waals surface area contributed by atoms with Crippen LogP contribution in [0, 0.1) is 0 Å². The van der Waals surface area contributed by atoms with Crippen LogP contribution in [0.2, 0.25) is 0 Å². The van der Waals surface area contributed by atoms with Crippen molar-refractivity contribution in [3.05, 3.63) is 55.1 Å². The molecule has 0 atom stereocenters. The second kappa shape index (κ2) is 5.75. The van der Waals surface area contributed by atoms with Crippen LogP contribution >= 0.6 is 0 Å². The maximum absolute atomic E-state index is 12.0. The van der Waals surface area contributed by atoms with Gasteiger partial charge in [-0.05, 0) is 18.2 Å². The first-order chi connectivity index (χ1) is 7.69. The van der Waals surface area contributed by atoms with Crippen LogP contribution in [0.3, 0.4) is 0 Å². The molecule has 0 radical (unpaired) electrons. The lowest BCUT2D eigenvalue weighted by Gasteiger charge is -2.19. The number of benzene rings is 1. The summed E-state index contributed by atoms with van der Waals surface area (Å²) in [6.45, 7) is 8.12. The maximum atomic E-state index is 12.0. The summed E-state index contributed by atoms with van der Waals surface area (Å²) in [7, 11) is 0. The molecule has 0 aromatic heterocycles. The maximum Gasteiger partial charge on any atom is 0.254 e. The van der Waals surface area contributed by atoms with E-state index in [9.17, 15) is 9.90 Å². The Hall–Kier alpha value is -2.03. The lowest BCUT2D eigenvalue weighted by Crippen LogP contribution is -2.31.